The SMILES string of the molecule is CC1NC(=O)CN(Cc2cc(Br)cs2)C1=O. The summed E-state index contributed by atoms with van der Waals surface area (Å²) in [6.07, 6.45) is 0. The van der Waals surface area contributed by atoms with Crippen molar-refractivity contribution in [1.29, 1.82) is 0 Å². The molecule has 0 saturated carbocycles. The van der Waals surface area contributed by atoms with E-state index in [4.69, 9.17) is 0 Å². The summed E-state index contributed by atoms with van der Waals surface area (Å²) < 4.78 is 1.01. The second-order valence-electron chi connectivity index (χ2n) is 3.71. The van der Waals surface area contributed by atoms with Crippen LogP contribution in [0.5, 0.6) is 0 Å². The van der Waals surface area contributed by atoms with Crippen LogP contribution in [-0.4, -0.2) is 29.3 Å². The largest absolute Gasteiger partial charge is 0.343 e. The predicted octanol–water partition coefficient (Wildman–Crippen LogP) is 1.36. The summed E-state index contributed by atoms with van der Waals surface area (Å²) in [7, 11) is 0. The Morgan fingerprint density at radius 1 is 1.62 bits per heavy atom. The van der Waals surface area contributed by atoms with Crippen molar-refractivity contribution in [2.75, 3.05) is 6.54 Å². The maximum Gasteiger partial charge on any atom is 0.245 e. The van der Waals surface area contributed by atoms with Crippen LogP contribution in [0.3, 0.4) is 0 Å². The van der Waals surface area contributed by atoms with E-state index in [0.717, 1.165) is 9.35 Å². The number of carbonyl (C=O) groups excluding carboxylic acids is 2. The molecule has 86 valence electrons. The van der Waals surface area contributed by atoms with E-state index in [9.17, 15) is 9.59 Å². The number of thiophene rings is 1. The molecule has 1 aromatic heterocycles. The van der Waals surface area contributed by atoms with Gasteiger partial charge in [-0.2, -0.15) is 0 Å². The molecule has 0 bridgehead atoms. The zero-order chi connectivity index (χ0) is 11.7. The minimum atomic E-state index is -0.412. The molecule has 2 amide bonds. The summed E-state index contributed by atoms with van der Waals surface area (Å²) >= 11 is 4.94. The fourth-order valence-electron chi connectivity index (χ4n) is 1.63. The lowest BCUT2D eigenvalue weighted by atomic mass is 10.2. The monoisotopic (exact) mass is 302 g/mol. The first-order valence-electron chi connectivity index (χ1n) is 4.87. The molecule has 1 saturated heterocycles. The number of nitrogens with zero attached hydrogens (tertiary/aromatic N) is 1. The maximum absolute atomic E-state index is 11.8. The van der Waals surface area contributed by atoms with Crippen LogP contribution in [0.15, 0.2) is 15.9 Å². The molecular weight excluding hydrogens is 292 g/mol. The van der Waals surface area contributed by atoms with Crippen molar-refractivity contribution in [3.63, 3.8) is 0 Å². The highest BCUT2D eigenvalue weighted by Gasteiger charge is 2.29. The molecule has 1 fully saturated rings. The van der Waals surface area contributed by atoms with Crippen LogP contribution < -0.4 is 5.32 Å². The van der Waals surface area contributed by atoms with Gasteiger partial charge in [-0.05, 0) is 28.9 Å². The van der Waals surface area contributed by atoms with Crippen molar-refractivity contribution < 1.29 is 9.59 Å². The molecule has 0 radical (unpaired) electrons. The number of amides is 2. The molecule has 0 aromatic carbocycles. The van der Waals surface area contributed by atoms with Crippen molar-refractivity contribution in [3.05, 3.63) is 20.8 Å². The molecule has 1 unspecified atom stereocenters. The first kappa shape index (κ1) is 11.6. The molecule has 4 nitrogen and oxygen atoms in total. The Morgan fingerprint density at radius 3 is 3.00 bits per heavy atom. The van der Waals surface area contributed by atoms with Crippen LogP contribution >= 0.6 is 27.3 Å². The second-order valence-corrected chi connectivity index (χ2v) is 5.63. The van der Waals surface area contributed by atoms with Crippen LogP contribution in [0.25, 0.3) is 0 Å². The van der Waals surface area contributed by atoms with E-state index in [1.165, 1.54) is 0 Å². The third-order valence-corrected chi connectivity index (χ3v) is 4.04. The number of piperazine rings is 1. The summed E-state index contributed by atoms with van der Waals surface area (Å²) in [5.74, 6) is -0.119. The molecule has 16 heavy (non-hydrogen) atoms. The number of hydrogen-bond donors (Lipinski definition) is 1. The van der Waals surface area contributed by atoms with Gasteiger partial charge in [-0.3, -0.25) is 9.59 Å². The smallest absolute Gasteiger partial charge is 0.245 e. The van der Waals surface area contributed by atoms with E-state index >= 15 is 0 Å². The Labute approximate surface area is 106 Å². The average Bonchev–Trinajstić information content (AvgIpc) is 2.60. The van der Waals surface area contributed by atoms with Crippen LogP contribution in [0.4, 0.5) is 0 Å². The summed E-state index contributed by atoms with van der Waals surface area (Å²) in [5.41, 5.74) is 0. The van der Waals surface area contributed by atoms with Gasteiger partial charge in [-0.1, -0.05) is 0 Å². The predicted molar refractivity (Wildman–Crippen MR) is 65.0 cm³/mol. The highest BCUT2D eigenvalue weighted by atomic mass is 79.9. The minimum Gasteiger partial charge on any atom is -0.343 e. The van der Waals surface area contributed by atoms with Crippen molar-refractivity contribution in [2.45, 2.75) is 19.5 Å². The van der Waals surface area contributed by atoms with Gasteiger partial charge in [0.05, 0.1) is 13.1 Å². The standard InChI is InChI=1S/C10H11BrN2O2S/c1-6-10(15)13(4-9(14)12-6)3-8-2-7(11)5-16-8/h2,5-6H,3-4H2,1H3,(H,12,14). The average molecular weight is 303 g/mol. The minimum absolute atomic E-state index is 0.0240. The maximum atomic E-state index is 11.8. The number of rotatable bonds is 2. The number of nitrogens with one attached hydrogen (secondary N) is 1. The summed E-state index contributed by atoms with van der Waals surface area (Å²) in [6.45, 7) is 2.36. The van der Waals surface area contributed by atoms with Gasteiger partial charge < -0.3 is 10.2 Å². The molecule has 1 aliphatic rings. The fraction of sp³-hybridized carbons (Fsp3) is 0.400. The molecule has 6 heteroatoms. The van der Waals surface area contributed by atoms with E-state index in [-0.39, 0.29) is 18.4 Å². The summed E-state index contributed by atoms with van der Waals surface area (Å²) in [6, 6.07) is 1.56. The molecule has 2 heterocycles. The van der Waals surface area contributed by atoms with Crippen LogP contribution in [0.2, 0.25) is 0 Å². The number of hydrogen-bond acceptors (Lipinski definition) is 3. The lowest BCUT2D eigenvalue weighted by Crippen LogP contribution is -2.56. The van der Waals surface area contributed by atoms with Gasteiger partial charge in [-0.15, -0.1) is 11.3 Å². The molecule has 0 aliphatic carbocycles. The third-order valence-electron chi connectivity index (χ3n) is 2.36. The molecule has 1 aliphatic heterocycles. The molecule has 0 spiro atoms. The first-order chi connectivity index (χ1) is 7.56. The summed E-state index contributed by atoms with van der Waals surface area (Å²) in [5, 5.41) is 4.58. The van der Waals surface area contributed by atoms with Crippen molar-refractivity contribution in [1.82, 2.24) is 10.2 Å². The quantitative estimate of drug-likeness (QED) is 0.897. The molecular formula is C10H11BrN2O2S. The third kappa shape index (κ3) is 2.44. The molecule has 2 rings (SSSR count). The molecule has 1 aromatic rings. The van der Waals surface area contributed by atoms with E-state index < -0.39 is 6.04 Å². The molecule has 1 N–H and O–H groups in total. The lowest BCUT2D eigenvalue weighted by Gasteiger charge is -2.30. The second kappa shape index (κ2) is 4.55. The topological polar surface area (TPSA) is 49.4 Å². The van der Waals surface area contributed by atoms with Gasteiger partial charge in [0.1, 0.15) is 6.04 Å². The van der Waals surface area contributed by atoms with Crippen LogP contribution in [0, 0.1) is 0 Å². The fourth-order valence-corrected chi connectivity index (χ4v) is 3.10. The van der Waals surface area contributed by atoms with Crippen LogP contribution in [0.1, 0.15) is 11.8 Å². The number of carbonyl (C=O) groups is 2. The highest BCUT2D eigenvalue weighted by molar-refractivity contribution is 9.10. The molecule has 1 atom stereocenters. The van der Waals surface area contributed by atoms with E-state index in [1.54, 1.807) is 23.2 Å². The van der Waals surface area contributed by atoms with E-state index in [0.29, 0.717) is 6.54 Å². The van der Waals surface area contributed by atoms with Crippen LogP contribution in [-0.2, 0) is 16.1 Å². The Balaban J connectivity index is 2.08. The van der Waals surface area contributed by atoms with Gasteiger partial charge in [0.15, 0.2) is 0 Å². The Bertz CT molecular complexity index is 432. The van der Waals surface area contributed by atoms with E-state index in [2.05, 4.69) is 21.2 Å². The van der Waals surface area contributed by atoms with Gasteiger partial charge in [0.25, 0.3) is 0 Å². The van der Waals surface area contributed by atoms with Crippen molar-refractivity contribution >= 4 is 39.1 Å². The van der Waals surface area contributed by atoms with Gasteiger partial charge >= 0.3 is 0 Å². The normalized spacial score (nSPS) is 21.1. The van der Waals surface area contributed by atoms with Crippen molar-refractivity contribution in [3.8, 4) is 0 Å². The summed E-state index contributed by atoms with van der Waals surface area (Å²) in [4.78, 5) is 25.8. The van der Waals surface area contributed by atoms with Gasteiger partial charge in [0.2, 0.25) is 11.8 Å². The van der Waals surface area contributed by atoms with Gasteiger partial charge in [-0.25, -0.2) is 0 Å². The first-order valence-corrected chi connectivity index (χ1v) is 6.54. The Morgan fingerprint density at radius 2 is 2.38 bits per heavy atom. The highest BCUT2D eigenvalue weighted by Crippen LogP contribution is 2.21. The lowest BCUT2D eigenvalue weighted by molar-refractivity contribution is -0.144. The van der Waals surface area contributed by atoms with Crippen molar-refractivity contribution in [2.24, 2.45) is 0 Å². The zero-order valence-electron chi connectivity index (χ0n) is 8.70. The van der Waals surface area contributed by atoms with Gasteiger partial charge in [0, 0.05) is 14.7 Å². The zero-order valence-corrected chi connectivity index (χ0v) is 11.1. The Kier molecular flexibility index (Phi) is 3.30. The number of halogens is 1. The Hall–Kier alpha value is -0.880. The van der Waals surface area contributed by atoms with E-state index in [1.807, 2.05) is 11.4 Å².